The quantitative estimate of drug-likeness (QED) is 0.343. The van der Waals surface area contributed by atoms with Crippen molar-refractivity contribution < 1.29 is 19.0 Å². The van der Waals surface area contributed by atoms with Crippen LogP contribution in [-0.2, 0) is 14.3 Å². The largest absolute Gasteiger partial charge is 0.497 e. The normalized spacial score (nSPS) is 16.2. The molecule has 0 saturated heterocycles. The second-order valence-electron chi connectivity index (χ2n) is 6.72. The van der Waals surface area contributed by atoms with Crippen molar-refractivity contribution in [3.8, 4) is 5.75 Å². The number of carbonyl (C=O) groups excluding carboxylic acids is 1. The van der Waals surface area contributed by atoms with E-state index in [4.69, 9.17) is 49.6 Å². The van der Waals surface area contributed by atoms with Crippen molar-refractivity contribution in [1.29, 1.82) is 0 Å². The molecular weight excluding hydrogens is 459 g/mol. The van der Waals surface area contributed by atoms with Crippen molar-refractivity contribution in [1.82, 2.24) is 5.32 Å². The summed E-state index contributed by atoms with van der Waals surface area (Å²) in [4.78, 5) is 14.9. The number of thiocarbonyl (C=S) groups is 1. The van der Waals surface area contributed by atoms with Crippen molar-refractivity contribution >= 4 is 52.2 Å². The number of ether oxygens (including phenoxy) is 3. The zero-order chi connectivity index (χ0) is 22.5. The summed E-state index contributed by atoms with van der Waals surface area (Å²) in [6.07, 6.45) is 0. The van der Waals surface area contributed by atoms with E-state index in [0.717, 1.165) is 11.3 Å². The molecule has 3 rings (SSSR count). The number of allylic oxidation sites excluding steroid dienone is 1. The lowest BCUT2D eigenvalue weighted by Gasteiger charge is -2.37. The summed E-state index contributed by atoms with van der Waals surface area (Å²) in [5, 5.41) is 4.49. The zero-order valence-corrected chi connectivity index (χ0v) is 19.6. The third kappa shape index (κ3) is 5.13. The van der Waals surface area contributed by atoms with Crippen molar-refractivity contribution in [3.63, 3.8) is 0 Å². The summed E-state index contributed by atoms with van der Waals surface area (Å²) in [7, 11) is 3.14. The van der Waals surface area contributed by atoms with Gasteiger partial charge >= 0.3 is 5.97 Å². The number of nitrogens with zero attached hydrogens (tertiary/aromatic N) is 1. The van der Waals surface area contributed by atoms with Gasteiger partial charge in [-0.1, -0.05) is 29.3 Å². The second-order valence-corrected chi connectivity index (χ2v) is 7.92. The molecule has 0 fully saturated rings. The number of methoxy groups -OCH3 is 2. The van der Waals surface area contributed by atoms with Gasteiger partial charge in [-0.3, -0.25) is 4.90 Å². The third-order valence-corrected chi connectivity index (χ3v) is 5.87. The number of esters is 1. The zero-order valence-electron chi connectivity index (χ0n) is 17.3. The molecule has 0 spiro atoms. The Morgan fingerprint density at radius 1 is 1.10 bits per heavy atom. The Hall–Kier alpha value is -2.32. The molecule has 2 aromatic carbocycles. The van der Waals surface area contributed by atoms with E-state index in [-0.39, 0.29) is 6.61 Å². The van der Waals surface area contributed by atoms with Gasteiger partial charge in [0.25, 0.3) is 0 Å². The van der Waals surface area contributed by atoms with Crippen LogP contribution in [0, 0.1) is 0 Å². The highest BCUT2D eigenvalue weighted by Gasteiger charge is 2.35. The summed E-state index contributed by atoms with van der Waals surface area (Å²) in [5.74, 6) is 0.244. The number of anilines is 1. The van der Waals surface area contributed by atoms with E-state index in [0.29, 0.717) is 38.8 Å². The first-order chi connectivity index (χ1) is 14.9. The van der Waals surface area contributed by atoms with Crippen molar-refractivity contribution in [2.45, 2.75) is 13.0 Å². The predicted octanol–water partition coefficient (Wildman–Crippen LogP) is 4.90. The van der Waals surface area contributed by atoms with Crippen molar-refractivity contribution in [3.05, 3.63) is 69.3 Å². The topological polar surface area (TPSA) is 60.0 Å². The minimum Gasteiger partial charge on any atom is -0.497 e. The molecule has 0 saturated carbocycles. The van der Waals surface area contributed by atoms with Crippen LogP contribution >= 0.6 is 35.4 Å². The third-order valence-electron chi connectivity index (χ3n) is 4.83. The summed E-state index contributed by atoms with van der Waals surface area (Å²) in [6.45, 7) is 2.26. The first kappa shape index (κ1) is 23.3. The average Bonchev–Trinajstić information content (AvgIpc) is 2.75. The van der Waals surface area contributed by atoms with Gasteiger partial charge in [0.2, 0.25) is 0 Å². The Bertz CT molecular complexity index is 1010. The average molecular weight is 481 g/mol. The van der Waals surface area contributed by atoms with E-state index in [1.54, 1.807) is 37.3 Å². The van der Waals surface area contributed by atoms with Gasteiger partial charge in [0.05, 0.1) is 35.4 Å². The molecule has 0 aliphatic carbocycles. The fourth-order valence-corrected chi connectivity index (χ4v) is 3.95. The van der Waals surface area contributed by atoms with E-state index in [2.05, 4.69) is 5.32 Å². The maximum Gasteiger partial charge on any atom is 0.338 e. The molecule has 1 aliphatic heterocycles. The first-order valence-electron chi connectivity index (χ1n) is 9.43. The van der Waals surface area contributed by atoms with Crippen LogP contribution in [-0.4, -0.2) is 38.5 Å². The number of rotatable bonds is 7. The van der Waals surface area contributed by atoms with Gasteiger partial charge in [0.15, 0.2) is 5.11 Å². The SMILES string of the molecule is COCCOC(=O)C1=C(C)N(c2ccc(OC)cc2)C(=S)NC1c1ccc(Cl)c(Cl)c1. The molecule has 0 bridgehead atoms. The molecule has 1 heterocycles. The lowest BCUT2D eigenvalue weighted by atomic mass is 9.94. The molecule has 0 radical (unpaired) electrons. The molecule has 1 atom stereocenters. The highest BCUT2D eigenvalue weighted by Crippen LogP contribution is 2.36. The molecular formula is C22H22Cl2N2O4S. The maximum atomic E-state index is 13.1. The second kappa shape index (κ2) is 10.3. The highest BCUT2D eigenvalue weighted by atomic mass is 35.5. The summed E-state index contributed by atoms with van der Waals surface area (Å²) in [6, 6.07) is 12.0. The summed E-state index contributed by atoms with van der Waals surface area (Å²) >= 11 is 17.9. The highest BCUT2D eigenvalue weighted by molar-refractivity contribution is 7.80. The van der Waals surface area contributed by atoms with Gasteiger partial charge in [-0.15, -0.1) is 0 Å². The molecule has 2 aromatic rings. The molecule has 1 N–H and O–H groups in total. The van der Waals surface area contributed by atoms with Gasteiger partial charge in [-0.25, -0.2) is 4.79 Å². The minimum absolute atomic E-state index is 0.132. The summed E-state index contributed by atoms with van der Waals surface area (Å²) in [5.41, 5.74) is 2.58. The van der Waals surface area contributed by atoms with Crippen LogP contribution in [0.4, 0.5) is 5.69 Å². The number of carbonyl (C=O) groups is 1. The Labute approximate surface area is 196 Å². The standard InChI is InChI=1S/C22H22Cl2N2O4S/c1-13-19(21(27)30-11-10-28-2)20(14-4-9-17(23)18(24)12-14)25-22(31)26(13)15-5-7-16(29-3)8-6-15/h4-9,12,20H,10-11H2,1-3H3,(H,25,31). The Kier molecular flexibility index (Phi) is 7.78. The number of nitrogens with one attached hydrogen (secondary N) is 1. The van der Waals surface area contributed by atoms with Crippen LogP contribution in [0.2, 0.25) is 10.0 Å². The molecule has 31 heavy (non-hydrogen) atoms. The van der Waals surface area contributed by atoms with Crippen LogP contribution in [0.25, 0.3) is 0 Å². The predicted molar refractivity (Wildman–Crippen MR) is 126 cm³/mol. The van der Waals surface area contributed by atoms with Gasteiger partial charge < -0.3 is 19.5 Å². The Morgan fingerprint density at radius 2 is 1.81 bits per heavy atom. The monoisotopic (exact) mass is 480 g/mol. The van der Waals surface area contributed by atoms with E-state index < -0.39 is 12.0 Å². The van der Waals surface area contributed by atoms with Crippen LogP contribution < -0.4 is 15.0 Å². The van der Waals surface area contributed by atoms with E-state index in [1.807, 2.05) is 31.2 Å². The lowest BCUT2D eigenvalue weighted by Crippen LogP contribution is -2.48. The molecule has 6 nitrogen and oxygen atoms in total. The molecule has 9 heteroatoms. The molecule has 1 aliphatic rings. The molecule has 164 valence electrons. The van der Waals surface area contributed by atoms with Crippen LogP contribution in [0.1, 0.15) is 18.5 Å². The van der Waals surface area contributed by atoms with E-state index in [1.165, 1.54) is 0 Å². The van der Waals surface area contributed by atoms with Crippen LogP contribution in [0.3, 0.4) is 0 Å². The maximum absolute atomic E-state index is 13.1. The Morgan fingerprint density at radius 3 is 2.42 bits per heavy atom. The van der Waals surface area contributed by atoms with Gasteiger partial charge in [-0.2, -0.15) is 0 Å². The number of hydrogen-bond donors (Lipinski definition) is 1. The van der Waals surface area contributed by atoms with E-state index in [9.17, 15) is 4.79 Å². The number of hydrogen-bond acceptors (Lipinski definition) is 5. The summed E-state index contributed by atoms with van der Waals surface area (Å²) < 4.78 is 15.7. The molecule has 0 aromatic heterocycles. The first-order valence-corrected chi connectivity index (χ1v) is 10.6. The molecule has 0 amide bonds. The fourth-order valence-electron chi connectivity index (χ4n) is 3.29. The van der Waals surface area contributed by atoms with Gasteiger partial charge in [-0.05, 0) is 61.1 Å². The lowest BCUT2D eigenvalue weighted by molar-refractivity contribution is -0.140. The smallest absolute Gasteiger partial charge is 0.338 e. The molecule has 1 unspecified atom stereocenters. The minimum atomic E-state index is -0.549. The van der Waals surface area contributed by atoms with Gasteiger partial charge in [0, 0.05) is 18.5 Å². The Balaban J connectivity index is 2.07. The van der Waals surface area contributed by atoms with E-state index >= 15 is 0 Å². The van der Waals surface area contributed by atoms with Crippen molar-refractivity contribution in [2.24, 2.45) is 0 Å². The fraction of sp³-hybridized carbons (Fsp3) is 0.273. The van der Waals surface area contributed by atoms with Crippen LogP contribution in [0.5, 0.6) is 5.75 Å². The van der Waals surface area contributed by atoms with Crippen molar-refractivity contribution in [2.75, 3.05) is 32.3 Å². The number of halogens is 2. The van der Waals surface area contributed by atoms with Crippen LogP contribution in [0.15, 0.2) is 53.7 Å². The number of benzene rings is 2. The van der Waals surface area contributed by atoms with Gasteiger partial charge in [0.1, 0.15) is 12.4 Å².